The van der Waals surface area contributed by atoms with E-state index in [1.54, 1.807) is 0 Å². The third-order valence-corrected chi connectivity index (χ3v) is 2.50. The number of hydrogen-bond donors (Lipinski definition) is 0. The van der Waals surface area contributed by atoms with Crippen molar-refractivity contribution in [2.75, 3.05) is 0 Å². The molecular formula is C12H10O. The molecule has 1 heteroatoms. The van der Waals surface area contributed by atoms with Crippen LogP contribution in [0.3, 0.4) is 0 Å². The molecule has 1 saturated carbocycles. The van der Waals surface area contributed by atoms with Gasteiger partial charge in [0.25, 0.3) is 0 Å². The Morgan fingerprint density at radius 2 is 2.08 bits per heavy atom. The molecule has 13 heavy (non-hydrogen) atoms. The van der Waals surface area contributed by atoms with Crippen molar-refractivity contribution < 1.29 is 4.79 Å². The van der Waals surface area contributed by atoms with E-state index in [0.717, 1.165) is 6.42 Å². The van der Waals surface area contributed by atoms with Crippen molar-refractivity contribution in [3.8, 4) is 12.3 Å². The number of benzene rings is 1. The second-order valence-corrected chi connectivity index (χ2v) is 3.37. The van der Waals surface area contributed by atoms with E-state index in [1.807, 2.05) is 18.2 Å². The van der Waals surface area contributed by atoms with Crippen LogP contribution in [0.5, 0.6) is 0 Å². The van der Waals surface area contributed by atoms with Crippen molar-refractivity contribution in [3.05, 3.63) is 35.9 Å². The number of rotatable bonds is 2. The fourth-order valence-electron chi connectivity index (χ4n) is 1.66. The lowest BCUT2D eigenvalue weighted by atomic mass is 10.1. The summed E-state index contributed by atoms with van der Waals surface area (Å²) in [6.07, 6.45) is 5.98. The lowest BCUT2D eigenvalue weighted by molar-refractivity contribution is -0.115. The Labute approximate surface area is 77.8 Å². The highest BCUT2D eigenvalue weighted by Gasteiger charge is 2.42. The minimum Gasteiger partial charge on any atom is -0.285 e. The van der Waals surface area contributed by atoms with Gasteiger partial charge >= 0.3 is 0 Å². The van der Waals surface area contributed by atoms with Gasteiger partial charge in [0.15, 0.2) is 0 Å². The van der Waals surface area contributed by atoms with E-state index in [0.29, 0.717) is 5.92 Å². The molecule has 1 aliphatic carbocycles. The molecule has 64 valence electrons. The largest absolute Gasteiger partial charge is 0.285 e. The minimum atomic E-state index is -0.0474. The van der Waals surface area contributed by atoms with Crippen LogP contribution in [-0.4, -0.2) is 5.78 Å². The SMILES string of the molecule is C#CC(=O)C1CC1c1ccccc1. The molecule has 2 unspecified atom stereocenters. The van der Waals surface area contributed by atoms with E-state index in [4.69, 9.17) is 6.42 Å². The fraction of sp³-hybridized carbons (Fsp3) is 0.250. The molecule has 0 radical (unpaired) electrons. The highest BCUT2D eigenvalue weighted by atomic mass is 16.1. The monoisotopic (exact) mass is 170 g/mol. The maximum absolute atomic E-state index is 11.1. The molecule has 1 aromatic rings. The predicted octanol–water partition coefficient (Wildman–Crippen LogP) is 1.99. The van der Waals surface area contributed by atoms with Gasteiger partial charge in [-0.2, -0.15) is 0 Å². The van der Waals surface area contributed by atoms with Gasteiger partial charge in [-0.05, 0) is 23.8 Å². The Morgan fingerprint density at radius 3 is 2.69 bits per heavy atom. The summed E-state index contributed by atoms with van der Waals surface area (Å²) in [5.41, 5.74) is 1.23. The second-order valence-electron chi connectivity index (χ2n) is 3.37. The van der Waals surface area contributed by atoms with Crippen molar-refractivity contribution >= 4 is 5.78 Å². The Kier molecular flexibility index (Phi) is 1.90. The topological polar surface area (TPSA) is 17.1 Å². The van der Waals surface area contributed by atoms with Gasteiger partial charge in [0.2, 0.25) is 5.78 Å². The van der Waals surface area contributed by atoms with Crippen molar-refractivity contribution in [1.29, 1.82) is 0 Å². The van der Waals surface area contributed by atoms with E-state index in [2.05, 4.69) is 18.1 Å². The average molecular weight is 170 g/mol. The minimum absolute atomic E-state index is 0.0474. The first-order valence-electron chi connectivity index (χ1n) is 4.38. The molecule has 0 bridgehead atoms. The van der Waals surface area contributed by atoms with Crippen LogP contribution >= 0.6 is 0 Å². The fourth-order valence-corrected chi connectivity index (χ4v) is 1.66. The standard InChI is InChI=1S/C12H10O/c1-2-12(13)11-8-10(11)9-6-4-3-5-7-9/h1,3-7,10-11H,8H2. The zero-order valence-electron chi connectivity index (χ0n) is 7.23. The van der Waals surface area contributed by atoms with E-state index in [1.165, 1.54) is 5.56 Å². The maximum atomic E-state index is 11.1. The number of carbonyl (C=O) groups excluding carboxylic acids is 1. The number of ketones is 1. The van der Waals surface area contributed by atoms with Gasteiger partial charge in [-0.15, -0.1) is 6.42 Å². The van der Waals surface area contributed by atoms with Crippen LogP contribution in [0.2, 0.25) is 0 Å². The molecule has 0 heterocycles. The van der Waals surface area contributed by atoms with Gasteiger partial charge < -0.3 is 0 Å². The van der Waals surface area contributed by atoms with E-state index >= 15 is 0 Å². The zero-order chi connectivity index (χ0) is 9.26. The molecule has 0 aromatic heterocycles. The molecule has 0 aliphatic heterocycles. The van der Waals surface area contributed by atoms with Crippen molar-refractivity contribution in [1.82, 2.24) is 0 Å². The Morgan fingerprint density at radius 1 is 1.38 bits per heavy atom. The number of hydrogen-bond acceptors (Lipinski definition) is 1. The van der Waals surface area contributed by atoms with Crippen LogP contribution in [0.15, 0.2) is 30.3 Å². The normalized spacial score (nSPS) is 24.8. The first kappa shape index (κ1) is 8.07. The number of carbonyl (C=O) groups is 1. The summed E-state index contributed by atoms with van der Waals surface area (Å²) >= 11 is 0. The molecule has 0 amide bonds. The maximum Gasteiger partial charge on any atom is 0.208 e. The number of Topliss-reactive ketones (excluding diaryl/α,β-unsaturated/α-hetero) is 1. The smallest absolute Gasteiger partial charge is 0.208 e. The molecule has 2 atom stereocenters. The van der Waals surface area contributed by atoms with Crippen LogP contribution < -0.4 is 0 Å². The van der Waals surface area contributed by atoms with Crippen molar-refractivity contribution in [2.45, 2.75) is 12.3 Å². The van der Waals surface area contributed by atoms with Gasteiger partial charge in [-0.3, -0.25) is 4.79 Å². The second kappa shape index (κ2) is 3.06. The highest BCUT2D eigenvalue weighted by Crippen LogP contribution is 2.47. The quantitative estimate of drug-likeness (QED) is 0.490. The van der Waals surface area contributed by atoms with E-state index < -0.39 is 0 Å². The summed E-state index contributed by atoms with van der Waals surface area (Å²) < 4.78 is 0. The van der Waals surface area contributed by atoms with Crippen LogP contribution in [0.4, 0.5) is 0 Å². The van der Waals surface area contributed by atoms with Crippen LogP contribution in [0.1, 0.15) is 17.9 Å². The summed E-state index contributed by atoms with van der Waals surface area (Å²) in [7, 11) is 0. The van der Waals surface area contributed by atoms with Crippen LogP contribution in [0.25, 0.3) is 0 Å². The third kappa shape index (κ3) is 1.48. The van der Waals surface area contributed by atoms with Gasteiger partial charge in [0.05, 0.1) is 0 Å². The summed E-state index contributed by atoms with van der Waals surface area (Å²) in [5.74, 6) is 2.61. The molecule has 1 aliphatic rings. The molecule has 0 spiro atoms. The average Bonchev–Trinajstić information content (AvgIpc) is 2.98. The Hall–Kier alpha value is -1.55. The molecule has 0 N–H and O–H groups in total. The first-order chi connectivity index (χ1) is 6.33. The van der Waals surface area contributed by atoms with Crippen LogP contribution in [0, 0.1) is 18.3 Å². The zero-order valence-corrected chi connectivity index (χ0v) is 7.23. The van der Waals surface area contributed by atoms with E-state index in [-0.39, 0.29) is 11.7 Å². The summed E-state index contributed by atoms with van der Waals surface area (Å²) in [6, 6.07) is 10.1. The van der Waals surface area contributed by atoms with Crippen molar-refractivity contribution in [2.24, 2.45) is 5.92 Å². The number of terminal acetylenes is 1. The molecule has 1 nitrogen and oxygen atoms in total. The molecule has 1 fully saturated rings. The Balaban J connectivity index is 2.10. The van der Waals surface area contributed by atoms with Gasteiger partial charge in [-0.1, -0.05) is 30.3 Å². The lowest BCUT2D eigenvalue weighted by Crippen LogP contribution is -1.97. The lowest BCUT2D eigenvalue weighted by Gasteiger charge is -1.95. The van der Waals surface area contributed by atoms with Gasteiger partial charge in [-0.25, -0.2) is 0 Å². The first-order valence-corrected chi connectivity index (χ1v) is 4.38. The van der Waals surface area contributed by atoms with Crippen LogP contribution in [-0.2, 0) is 4.79 Å². The van der Waals surface area contributed by atoms with Gasteiger partial charge in [0.1, 0.15) is 0 Å². The van der Waals surface area contributed by atoms with Crippen molar-refractivity contribution in [3.63, 3.8) is 0 Å². The molecular weight excluding hydrogens is 160 g/mol. The third-order valence-electron chi connectivity index (χ3n) is 2.50. The summed E-state index contributed by atoms with van der Waals surface area (Å²) in [5, 5.41) is 0. The molecule has 1 aromatic carbocycles. The Bertz CT molecular complexity index is 358. The summed E-state index contributed by atoms with van der Waals surface area (Å²) in [4.78, 5) is 11.1. The predicted molar refractivity (Wildman–Crippen MR) is 51.1 cm³/mol. The van der Waals surface area contributed by atoms with Gasteiger partial charge in [0, 0.05) is 5.92 Å². The highest BCUT2D eigenvalue weighted by molar-refractivity contribution is 5.99. The van der Waals surface area contributed by atoms with E-state index in [9.17, 15) is 4.79 Å². The molecule has 0 saturated heterocycles. The molecule has 2 rings (SSSR count). The summed E-state index contributed by atoms with van der Waals surface area (Å²) in [6.45, 7) is 0.